The second-order valence-electron chi connectivity index (χ2n) is 1.84. The third-order valence-electron chi connectivity index (χ3n) is 1.21. The van der Waals surface area contributed by atoms with Gasteiger partial charge in [0.05, 0.1) is 5.56 Å². The largest absolute Gasteiger partial charge is 0.329 e. The van der Waals surface area contributed by atoms with E-state index in [1.165, 1.54) is 12.3 Å². The molecular weight excluding hydrogens is 135 g/mol. The van der Waals surface area contributed by atoms with Crippen molar-refractivity contribution in [2.24, 2.45) is 5.73 Å². The Kier molecular flexibility index (Phi) is 1.82. The Labute approximate surface area is 56.7 Å². The van der Waals surface area contributed by atoms with Gasteiger partial charge in [0, 0.05) is 12.7 Å². The number of hydrogen-bond acceptors (Lipinski definition) is 2. The maximum atomic E-state index is 12.6. The molecule has 0 atom stereocenters. The standard InChI is InChI=1S/C6H7FN2O/c7-5-1-2-9-6(10)4(5)3-8/h1-2H,3,8H2,(H,9,10). The van der Waals surface area contributed by atoms with E-state index >= 15 is 0 Å². The zero-order valence-corrected chi connectivity index (χ0v) is 5.23. The summed E-state index contributed by atoms with van der Waals surface area (Å²) in [6.45, 7) is -0.0675. The smallest absolute Gasteiger partial charge is 0.255 e. The Bertz CT molecular complexity index is 281. The molecule has 0 spiro atoms. The molecule has 0 aliphatic heterocycles. The number of halogens is 1. The normalized spacial score (nSPS) is 9.80. The highest BCUT2D eigenvalue weighted by molar-refractivity contribution is 5.10. The van der Waals surface area contributed by atoms with Gasteiger partial charge in [0.25, 0.3) is 5.56 Å². The summed E-state index contributed by atoms with van der Waals surface area (Å²) in [5, 5.41) is 0. The minimum atomic E-state index is -0.550. The van der Waals surface area contributed by atoms with Crippen LogP contribution in [0.5, 0.6) is 0 Å². The second-order valence-corrected chi connectivity index (χ2v) is 1.84. The van der Waals surface area contributed by atoms with Gasteiger partial charge in [-0.25, -0.2) is 4.39 Å². The Morgan fingerprint density at radius 2 is 2.40 bits per heavy atom. The number of nitrogens with two attached hydrogens (primary N) is 1. The van der Waals surface area contributed by atoms with E-state index in [4.69, 9.17) is 5.73 Å². The second kappa shape index (κ2) is 2.62. The van der Waals surface area contributed by atoms with Crippen molar-refractivity contribution in [2.75, 3.05) is 0 Å². The highest BCUT2D eigenvalue weighted by Gasteiger charge is 2.01. The van der Waals surface area contributed by atoms with E-state index in [-0.39, 0.29) is 12.1 Å². The summed E-state index contributed by atoms with van der Waals surface area (Å²) in [4.78, 5) is 13.0. The summed E-state index contributed by atoms with van der Waals surface area (Å²) in [6, 6.07) is 1.17. The van der Waals surface area contributed by atoms with Crippen LogP contribution < -0.4 is 11.3 Å². The topological polar surface area (TPSA) is 58.9 Å². The minimum Gasteiger partial charge on any atom is -0.329 e. The quantitative estimate of drug-likeness (QED) is 0.578. The SMILES string of the molecule is NCc1c(F)cc[nH]c1=O. The molecule has 0 amide bonds. The molecule has 10 heavy (non-hydrogen) atoms. The maximum absolute atomic E-state index is 12.6. The molecule has 0 aliphatic rings. The van der Waals surface area contributed by atoms with Gasteiger partial charge in [-0.3, -0.25) is 4.79 Å². The Balaban J connectivity index is 3.31. The van der Waals surface area contributed by atoms with Gasteiger partial charge in [-0.15, -0.1) is 0 Å². The van der Waals surface area contributed by atoms with Gasteiger partial charge >= 0.3 is 0 Å². The third kappa shape index (κ3) is 1.06. The third-order valence-corrected chi connectivity index (χ3v) is 1.21. The number of rotatable bonds is 1. The van der Waals surface area contributed by atoms with E-state index in [0.717, 1.165) is 0 Å². The van der Waals surface area contributed by atoms with E-state index in [1.54, 1.807) is 0 Å². The summed E-state index contributed by atoms with van der Waals surface area (Å²) in [5.74, 6) is -0.550. The molecule has 0 bridgehead atoms. The molecule has 54 valence electrons. The fourth-order valence-electron chi connectivity index (χ4n) is 0.677. The molecule has 1 aromatic rings. The number of aromatic amines is 1. The van der Waals surface area contributed by atoms with Crippen LogP contribution in [0.3, 0.4) is 0 Å². The van der Waals surface area contributed by atoms with Gasteiger partial charge in [0.1, 0.15) is 5.82 Å². The van der Waals surface area contributed by atoms with Gasteiger partial charge in [-0.1, -0.05) is 0 Å². The van der Waals surface area contributed by atoms with Crippen molar-refractivity contribution >= 4 is 0 Å². The van der Waals surface area contributed by atoms with E-state index in [1.807, 2.05) is 0 Å². The fourth-order valence-corrected chi connectivity index (χ4v) is 0.677. The number of nitrogens with one attached hydrogen (secondary N) is 1. The molecule has 0 aromatic carbocycles. The molecule has 1 rings (SSSR count). The molecule has 3 N–H and O–H groups in total. The minimum absolute atomic E-state index is 0.00231. The fraction of sp³-hybridized carbons (Fsp3) is 0.167. The predicted molar refractivity (Wildman–Crippen MR) is 34.9 cm³/mol. The molecule has 0 saturated heterocycles. The first-order chi connectivity index (χ1) is 4.75. The Morgan fingerprint density at radius 1 is 1.70 bits per heavy atom. The number of hydrogen-bond donors (Lipinski definition) is 2. The van der Waals surface area contributed by atoms with Crippen molar-refractivity contribution < 1.29 is 4.39 Å². The summed E-state index contributed by atoms with van der Waals surface area (Å²) < 4.78 is 12.6. The summed E-state index contributed by atoms with van der Waals surface area (Å²) >= 11 is 0. The van der Waals surface area contributed by atoms with E-state index in [0.29, 0.717) is 0 Å². The molecular formula is C6H7FN2O. The van der Waals surface area contributed by atoms with Gasteiger partial charge in [-0.05, 0) is 6.07 Å². The van der Waals surface area contributed by atoms with Gasteiger partial charge in [-0.2, -0.15) is 0 Å². The van der Waals surface area contributed by atoms with Crippen molar-refractivity contribution in [3.05, 3.63) is 34.0 Å². The van der Waals surface area contributed by atoms with Crippen molar-refractivity contribution in [1.82, 2.24) is 4.98 Å². The average Bonchev–Trinajstić information content (AvgIpc) is 1.88. The molecule has 0 unspecified atom stereocenters. The van der Waals surface area contributed by atoms with Crippen LogP contribution in [0.2, 0.25) is 0 Å². The lowest BCUT2D eigenvalue weighted by Gasteiger charge is -1.94. The van der Waals surface area contributed by atoms with Crippen LogP contribution in [0.4, 0.5) is 4.39 Å². The van der Waals surface area contributed by atoms with E-state index in [2.05, 4.69) is 4.98 Å². The monoisotopic (exact) mass is 142 g/mol. The van der Waals surface area contributed by atoms with Crippen LogP contribution in [0, 0.1) is 5.82 Å². The summed E-state index contributed by atoms with van der Waals surface area (Å²) in [6.07, 6.45) is 1.25. The number of H-pyrrole nitrogens is 1. The van der Waals surface area contributed by atoms with Crippen LogP contribution >= 0.6 is 0 Å². The molecule has 0 fully saturated rings. The lowest BCUT2D eigenvalue weighted by atomic mass is 10.3. The van der Waals surface area contributed by atoms with Crippen molar-refractivity contribution in [2.45, 2.75) is 6.54 Å². The van der Waals surface area contributed by atoms with E-state index in [9.17, 15) is 9.18 Å². The highest BCUT2D eigenvalue weighted by Crippen LogP contribution is 1.96. The van der Waals surface area contributed by atoms with Crippen LogP contribution in [0.15, 0.2) is 17.1 Å². The van der Waals surface area contributed by atoms with Crippen LogP contribution in [-0.4, -0.2) is 4.98 Å². The lowest BCUT2D eigenvalue weighted by molar-refractivity contribution is 0.604. The molecule has 0 radical (unpaired) electrons. The summed E-state index contributed by atoms with van der Waals surface area (Å²) in [5.41, 5.74) is 4.64. The molecule has 0 aliphatic carbocycles. The number of aromatic nitrogens is 1. The Hall–Kier alpha value is -1.16. The Morgan fingerprint density at radius 3 is 2.80 bits per heavy atom. The number of pyridine rings is 1. The molecule has 1 aromatic heterocycles. The maximum Gasteiger partial charge on any atom is 0.255 e. The summed E-state index contributed by atoms with van der Waals surface area (Å²) in [7, 11) is 0. The molecule has 0 saturated carbocycles. The van der Waals surface area contributed by atoms with Gasteiger partial charge in [0.15, 0.2) is 0 Å². The highest BCUT2D eigenvalue weighted by atomic mass is 19.1. The molecule has 3 nitrogen and oxygen atoms in total. The first-order valence-electron chi connectivity index (χ1n) is 2.82. The van der Waals surface area contributed by atoms with E-state index < -0.39 is 11.4 Å². The first kappa shape index (κ1) is 6.95. The van der Waals surface area contributed by atoms with Crippen LogP contribution in [-0.2, 0) is 6.54 Å². The lowest BCUT2D eigenvalue weighted by Crippen LogP contribution is -2.17. The zero-order chi connectivity index (χ0) is 7.56. The van der Waals surface area contributed by atoms with Crippen LogP contribution in [0.25, 0.3) is 0 Å². The van der Waals surface area contributed by atoms with Crippen molar-refractivity contribution in [1.29, 1.82) is 0 Å². The van der Waals surface area contributed by atoms with Crippen LogP contribution in [0.1, 0.15) is 5.56 Å². The first-order valence-corrected chi connectivity index (χ1v) is 2.82. The molecule has 1 heterocycles. The van der Waals surface area contributed by atoms with Crippen molar-refractivity contribution in [3.8, 4) is 0 Å². The predicted octanol–water partition coefficient (Wildman–Crippen LogP) is -0.0273. The average molecular weight is 142 g/mol. The zero-order valence-electron chi connectivity index (χ0n) is 5.23. The van der Waals surface area contributed by atoms with Crippen molar-refractivity contribution in [3.63, 3.8) is 0 Å². The van der Waals surface area contributed by atoms with Gasteiger partial charge in [0.2, 0.25) is 0 Å². The van der Waals surface area contributed by atoms with Gasteiger partial charge < -0.3 is 10.7 Å². The molecule has 4 heteroatoms.